The smallest absolute Gasteiger partial charge is 0.141 e. The third kappa shape index (κ3) is 2.09. The van der Waals surface area contributed by atoms with Gasteiger partial charge >= 0.3 is 0 Å². The van der Waals surface area contributed by atoms with Crippen molar-refractivity contribution in [1.82, 2.24) is 0 Å². The normalized spacial score (nSPS) is 26.6. The predicted molar refractivity (Wildman–Crippen MR) is 74.0 cm³/mol. The average molecular weight is 322 g/mol. The molecule has 2 atom stereocenters. The minimum Gasteiger partial charge on any atom is -0.467 e. The van der Waals surface area contributed by atoms with Crippen molar-refractivity contribution in [3.63, 3.8) is 0 Å². The first-order valence-corrected chi connectivity index (χ1v) is 6.70. The van der Waals surface area contributed by atoms with Crippen LogP contribution in [-0.2, 0) is 9.63 Å². The second kappa shape index (κ2) is 4.83. The van der Waals surface area contributed by atoms with Crippen LogP contribution >= 0.6 is 15.9 Å². The van der Waals surface area contributed by atoms with E-state index in [9.17, 15) is 4.79 Å². The summed E-state index contributed by atoms with van der Waals surface area (Å²) in [7, 11) is 0. The molecule has 98 valence electrons. The summed E-state index contributed by atoms with van der Waals surface area (Å²) in [6.07, 6.45) is 2.46. The van der Waals surface area contributed by atoms with E-state index in [2.05, 4.69) is 15.9 Å². The van der Waals surface area contributed by atoms with E-state index in [-0.39, 0.29) is 12.6 Å². The number of alkyl halides is 1. The standard InChI is InChI=1S/C14H12BrNO3/c15-14(9-17)10-19-16(11-5-2-1-3-6-11)13(14)12-7-4-8-18-12/h1-9,13H,10H2/t13-,14-/m1/s1. The molecule has 4 nitrogen and oxygen atoms in total. The largest absolute Gasteiger partial charge is 0.467 e. The third-order valence-electron chi connectivity index (χ3n) is 3.13. The molecule has 2 heterocycles. The summed E-state index contributed by atoms with van der Waals surface area (Å²) in [6.45, 7) is 0.261. The van der Waals surface area contributed by atoms with Crippen molar-refractivity contribution in [2.24, 2.45) is 0 Å². The molecule has 2 aromatic rings. The van der Waals surface area contributed by atoms with Crippen molar-refractivity contribution in [3.05, 3.63) is 54.5 Å². The molecule has 0 bridgehead atoms. The van der Waals surface area contributed by atoms with Crippen LogP contribution in [0.25, 0.3) is 0 Å². The molecule has 5 heteroatoms. The quantitative estimate of drug-likeness (QED) is 0.643. The maximum atomic E-state index is 11.4. The Kier molecular flexibility index (Phi) is 3.16. The number of halogens is 1. The fourth-order valence-corrected chi connectivity index (χ4v) is 2.73. The van der Waals surface area contributed by atoms with E-state index in [1.807, 2.05) is 36.4 Å². The molecular weight excluding hydrogens is 310 g/mol. The topological polar surface area (TPSA) is 42.7 Å². The molecule has 1 fully saturated rings. The van der Waals surface area contributed by atoms with Crippen molar-refractivity contribution in [3.8, 4) is 0 Å². The van der Waals surface area contributed by atoms with Crippen LogP contribution in [0.5, 0.6) is 0 Å². The Labute approximate surface area is 119 Å². The molecule has 0 N–H and O–H groups in total. The maximum absolute atomic E-state index is 11.4. The molecule has 1 aliphatic heterocycles. The summed E-state index contributed by atoms with van der Waals surface area (Å²) >= 11 is 3.48. The number of hydrogen-bond donors (Lipinski definition) is 0. The molecule has 0 amide bonds. The van der Waals surface area contributed by atoms with Crippen molar-refractivity contribution in [1.29, 1.82) is 0 Å². The van der Waals surface area contributed by atoms with E-state index in [0.29, 0.717) is 5.76 Å². The number of aldehydes is 1. The van der Waals surface area contributed by atoms with Crippen LogP contribution in [0.2, 0.25) is 0 Å². The Morgan fingerprint density at radius 3 is 2.68 bits per heavy atom. The summed E-state index contributed by atoms with van der Waals surface area (Å²) < 4.78 is 4.65. The molecule has 1 aliphatic rings. The lowest BCUT2D eigenvalue weighted by atomic mass is 10.0. The van der Waals surface area contributed by atoms with E-state index in [1.54, 1.807) is 17.4 Å². The predicted octanol–water partition coefficient (Wildman–Crippen LogP) is 3.11. The van der Waals surface area contributed by atoms with Crippen molar-refractivity contribution >= 4 is 27.9 Å². The van der Waals surface area contributed by atoms with Gasteiger partial charge in [0.05, 0.1) is 18.6 Å². The zero-order valence-corrected chi connectivity index (χ0v) is 11.6. The van der Waals surface area contributed by atoms with E-state index >= 15 is 0 Å². The first kappa shape index (κ1) is 12.4. The van der Waals surface area contributed by atoms with Gasteiger partial charge in [0, 0.05) is 0 Å². The van der Waals surface area contributed by atoms with Gasteiger partial charge in [-0.3, -0.25) is 4.84 Å². The summed E-state index contributed by atoms with van der Waals surface area (Å²) in [5, 5.41) is 1.71. The number of nitrogens with zero attached hydrogens (tertiary/aromatic N) is 1. The molecule has 1 aromatic carbocycles. The number of hydrogen-bond acceptors (Lipinski definition) is 4. The molecule has 0 unspecified atom stereocenters. The van der Waals surface area contributed by atoms with E-state index in [4.69, 9.17) is 9.25 Å². The number of rotatable bonds is 3. The minimum atomic E-state index is -0.805. The molecule has 1 saturated heterocycles. The fourth-order valence-electron chi connectivity index (χ4n) is 2.21. The van der Waals surface area contributed by atoms with Gasteiger partial charge in [0.2, 0.25) is 0 Å². The van der Waals surface area contributed by atoms with Gasteiger partial charge in [0.25, 0.3) is 0 Å². The van der Waals surface area contributed by atoms with Crippen LogP contribution in [0.1, 0.15) is 11.8 Å². The minimum absolute atomic E-state index is 0.261. The molecule has 3 rings (SSSR count). The van der Waals surface area contributed by atoms with Gasteiger partial charge < -0.3 is 9.21 Å². The molecule has 19 heavy (non-hydrogen) atoms. The molecule has 0 saturated carbocycles. The number of hydroxylamine groups is 1. The third-order valence-corrected chi connectivity index (χ3v) is 3.98. The van der Waals surface area contributed by atoms with Crippen molar-refractivity contribution < 1.29 is 14.0 Å². The van der Waals surface area contributed by atoms with Gasteiger partial charge in [0.1, 0.15) is 22.4 Å². The van der Waals surface area contributed by atoms with Crippen LogP contribution in [0.4, 0.5) is 5.69 Å². The van der Waals surface area contributed by atoms with Gasteiger partial charge in [-0.15, -0.1) is 0 Å². The highest BCUT2D eigenvalue weighted by atomic mass is 79.9. The van der Waals surface area contributed by atoms with Gasteiger partial charge in [0.15, 0.2) is 0 Å². The average Bonchev–Trinajstić information content (AvgIpc) is 3.07. The maximum Gasteiger partial charge on any atom is 0.141 e. The van der Waals surface area contributed by atoms with Crippen LogP contribution < -0.4 is 5.06 Å². The lowest BCUT2D eigenvalue weighted by Gasteiger charge is -2.27. The Hall–Kier alpha value is -1.59. The summed E-state index contributed by atoms with van der Waals surface area (Å²) in [5.41, 5.74) is 0.882. The zero-order valence-electron chi connectivity index (χ0n) is 10.0. The number of furan rings is 1. The highest BCUT2D eigenvalue weighted by Gasteiger charge is 2.50. The SMILES string of the molecule is O=C[C@@]1(Br)CON(c2ccccc2)[C@@H]1c1ccco1. The Morgan fingerprint density at radius 2 is 2.05 bits per heavy atom. The first-order valence-electron chi connectivity index (χ1n) is 5.90. The summed E-state index contributed by atoms with van der Waals surface area (Å²) in [6, 6.07) is 13.0. The van der Waals surface area contributed by atoms with Gasteiger partial charge in [-0.2, -0.15) is 0 Å². The van der Waals surface area contributed by atoms with Gasteiger partial charge in [-0.25, -0.2) is 5.06 Å². The summed E-state index contributed by atoms with van der Waals surface area (Å²) in [4.78, 5) is 17.1. The highest BCUT2D eigenvalue weighted by molar-refractivity contribution is 9.10. The molecular formula is C14H12BrNO3. The van der Waals surface area contributed by atoms with Crippen LogP contribution in [-0.4, -0.2) is 17.2 Å². The molecule has 0 spiro atoms. The van der Waals surface area contributed by atoms with Crippen molar-refractivity contribution in [2.45, 2.75) is 10.4 Å². The highest BCUT2D eigenvalue weighted by Crippen LogP contribution is 2.45. The fraction of sp³-hybridized carbons (Fsp3) is 0.214. The number of carbonyl (C=O) groups excluding carboxylic acids is 1. The van der Waals surface area contributed by atoms with Gasteiger partial charge in [-0.05, 0) is 24.3 Å². The number of benzene rings is 1. The second-order valence-electron chi connectivity index (χ2n) is 4.40. The van der Waals surface area contributed by atoms with E-state index < -0.39 is 4.32 Å². The summed E-state index contributed by atoms with van der Waals surface area (Å²) in [5.74, 6) is 0.685. The van der Waals surface area contributed by atoms with Crippen molar-refractivity contribution in [2.75, 3.05) is 11.7 Å². The lowest BCUT2D eigenvalue weighted by molar-refractivity contribution is -0.109. The first-order chi connectivity index (χ1) is 9.24. The Balaban J connectivity index is 2.04. The van der Waals surface area contributed by atoms with Gasteiger partial charge in [-0.1, -0.05) is 34.1 Å². The second-order valence-corrected chi connectivity index (χ2v) is 5.87. The zero-order chi connectivity index (χ0) is 13.3. The monoisotopic (exact) mass is 321 g/mol. The number of carbonyl (C=O) groups is 1. The lowest BCUT2D eigenvalue weighted by Crippen LogP contribution is -2.34. The number of para-hydroxylation sites is 1. The molecule has 0 radical (unpaired) electrons. The van der Waals surface area contributed by atoms with E-state index in [0.717, 1.165) is 12.0 Å². The molecule has 0 aliphatic carbocycles. The Morgan fingerprint density at radius 1 is 1.26 bits per heavy atom. The van der Waals surface area contributed by atoms with Crippen LogP contribution in [0.15, 0.2) is 53.1 Å². The van der Waals surface area contributed by atoms with Crippen LogP contribution in [0.3, 0.4) is 0 Å². The van der Waals surface area contributed by atoms with Crippen LogP contribution in [0, 0.1) is 0 Å². The molecule has 1 aromatic heterocycles. The number of anilines is 1. The Bertz CT molecular complexity index is 557. The van der Waals surface area contributed by atoms with E-state index in [1.165, 1.54) is 0 Å².